The lowest BCUT2D eigenvalue weighted by Crippen LogP contribution is -2.13. The van der Waals surface area contributed by atoms with E-state index in [-0.39, 0.29) is 15.4 Å². The molecule has 1 aromatic heterocycles. The third-order valence-electron chi connectivity index (χ3n) is 2.97. The number of aromatic nitrogens is 1. The maximum Gasteiger partial charge on any atom is 0.416 e. The Morgan fingerprint density at radius 3 is 2.24 bits per heavy atom. The fourth-order valence-electron chi connectivity index (χ4n) is 1.66. The van der Waals surface area contributed by atoms with Crippen LogP contribution in [0.2, 0.25) is 0 Å². The van der Waals surface area contributed by atoms with Crippen molar-refractivity contribution >= 4 is 22.9 Å². The summed E-state index contributed by atoms with van der Waals surface area (Å²) in [5.74, 6) is -0.519. The van der Waals surface area contributed by atoms with Gasteiger partial charge in [-0.1, -0.05) is 11.3 Å². The number of carbonyl (C=O) groups excluding carboxylic acids is 1. The molecule has 0 spiro atoms. The maximum absolute atomic E-state index is 12.4. The smallest absolute Gasteiger partial charge is 0.321 e. The van der Waals surface area contributed by atoms with Gasteiger partial charge in [0, 0.05) is 18.4 Å². The predicted molar refractivity (Wildman–Crippen MR) is 73.7 cm³/mol. The molecule has 0 aliphatic rings. The molecule has 1 N–H and O–H groups in total. The van der Waals surface area contributed by atoms with E-state index in [1.54, 1.807) is 14.0 Å². The first kappa shape index (κ1) is 15.3. The fourth-order valence-corrected chi connectivity index (χ4v) is 2.54. The average molecular weight is 316 g/mol. The molecule has 0 aliphatic heterocycles. The van der Waals surface area contributed by atoms with Crippen molar-refractivity contribution in [3.05, 3.63) is 50.1 Å². The van der Waals surface area contributed by atoms with Gasteiger partial charge in [-0.15, -0.1) is 0 Å². The monoisotopic (exact) mass is 316 g/mol. The van der Waals surface area contributed by atoms with Crippen LogP contribution in [-0.2, 0) is 13.2 Å². The van der Waals surface area contributed by atoms with E-state index in [9.17, 15) is 22.8 Å². The number of anilines is 1. The molecule has 2 rings (SSSR count). The van der Waals surface area contributed by atoms with Gasteiger partial charge >= 0.3 is 11.0 Å². The van der Waals surface area contributed by atoms with Crippen LogP contribution in [0.3, 0.4) is 0 Å². The summed E-state index contributed by atoms with van der Waals surface area (Å²) in [6.07, 6.45) is -4.42. The van der Waals surface area contributed by atoms with Crippen LogP contribution in [0.5, 0.6) is 0 Å². The van der Waals surface area contributed by atoms with Gasteiger partial charge in [0.25, 0.3) is 5.91 Å². The summed E-state index contributed by atoms with van der Waals surface area (Å²) in [6, 6.07) is 4.11. The number of hydrogen-bond donors (Lipinski definition) is 1. The summed E-state index contributed by atoms with van der Waals surface area (Å²) < 4.78 is 38.6. The van der Waals surface area contributed by atoms with E-state index >= 15 is 0 Å². The van der Waals surface area contributed by atoms with Crippen LogP contribution in [0.1, 0.15) is 20.9 Å². The van der Waals surface area contributed by atoms with Crippen LogP contribution in [-0.4, -0.2) is 10.5 Å². The zero-order valence-corrected chi connectivity index (χ0v) is 11.9. The second-order valence-electron chi connectivity index (χ2n) is 4.37. The molecular formula is C13H11F3N2O2S. The first-order valence-electron chi connectivity index (χ1n) is 5.85. The topological polar surface area (TPSA) is 51.1 Å². The Morgan fingerprint density at radius 2 is 1.81 bits per heavy atom. The lowest BCUT2D eigenvalue weighted by atomic mass is 10.2. The molecule has 0 fully saturated rings. The van der Waals surface area contributed by atoms with Crippen LogP contribution in [0.25, 0.3) is 0 Å². The molecule has 1 aromatic carbocycles. The number of nitrogens with one attached hydrogen (secondary N) is 1. The second kappa shape index (κ2) is 5.36. The molecule has 4 nitrogen and oxygen atoms in total. The molecule has 0 radical (unpaired) electrons. The molecule has 2 aromatic rings. The molecular weight excluding hydrogens is 305 g/mol. The highest BCUT2D eigenvalue weighted by Gasteiger charge is 2.30. The SMILES string of the molecule is Cc1c(C(=O)Nc2ccc(C(F)(F)F)cc2)sc(=O)n1C. The average Bonchev–Trinajstić information content (AvgIpc) is 2.66. The molecule has 8 heteroatoms. The van der Waals surface area contributed by atoms with E-state index in [1.165, 1.54) is 16.7 Å². The first-order valence-corrected chi connectivity index (χ1v) is 6.67. The summed E-state index contributed by atoms with van der Waals surface area (Å²) in [5.41, 5.74) is -0.0497. The van der Waals surface area contributed by atoms with Gasteiger partial charge in [-0.2, -0.15) is 13.2 Å². The summed E-state index contributed by atoms with van der Waals surface area (Å²) in [7, 11) is 1.54. The Hall–Kier alpha value is -2.09. The van der Waals surface area contributed by atoms with Crippen molar-refractivity contribution in [3.8, 4) is 0 Å². The van der Waals surface area contributed by atoms with Gasteiger partial charge in [0.2, 0.25) is 0 Å². The van der Waals surface area contributed by atoms with Crippen molar-refractivity contribution in [1.82, 2.24) is 4.57 Å². The minimum absolute atomic E-state index is 0.232. The van der Waals surface area contributed by atoms with Crippen molar-refractivity contribution in [1.29, 1.82) is 0 Å². The number of amides is 1. The first-order chi connectivity index (χ1) is 9.70. The Balaban J connectivity index is 2.20. The number of benzene rings is 1. The Bertz CT molecular complexity index is 729. The molecule has 0 aliphatic carbocycles. The third-order valence-corrected chi connectivity index (χ3v) is 4.10. The van der Waals surface area contributed by atoms with E-state index in [0.29, 0.717) is 5.69 Å². The normalized spacial score (nSPS) is 11.5. The van der Waals surface area contributed by atoms with Crippen LogP contribution in [0.4, 0.5) is 18.9 Å². The van der Waals surface area contributed by atoms with Crippen molar-refractivity contribution in [3.63, 3.8) is 0 Å². The van der Waals surface area contributed by atoms with Crippen molar-refractivity contribution in [2.45, 2.75) is 13.1 Å². The van der Waals surface area contributed by atoms with Crippen LogP contribution in [0, 0.1) is 6.92 Å². The third kappa shape index (κ3) is 3.15. The number of hydrogen-bond acceptors (Lipinski definition) is 3. The zero-order chi connectivity index (χ0) is 15.8. The van der Waals surface area contributed by atoms with Gasteiger partial charge in [-0.05, 0) is 31.2 Å². The predicted octanol–water partition coefficient (Wildman–Crippen LogP) is 3.03. The second-order valence-corrected chi connectivity index (χ2v) is 5.33. The zero-order valence-electron chi connectivity index (χ0n) is 11.1. The molecule has 1 heterocycles. The van der Waals surface area contributed by atoms with E-state index in [4.69, 9.17) is 0 Å². The number of halogens is 3. The van der Waals surface area contributed by atoms with E-state index in [1.807, 2.05) is 0 Å². The van der Waals surface area contributed by atoms with Crippen molar-refractivity contribution in [2.24, 2.45) is 7.05 Å². The minimum atomic E-state index is -4.42. The van der Waals surface area contributed by atoms with Crippen molar-refractivity contribution < 1.29 is 18.0 Å². The molecule has 0 unspecified atom stereocenters. The molecule has 112 valence electrons. The Labute approximate surface area is 121 Å². The van der Waals surface area contributed by atoms with E-state index in [2.05, 4.69) is 5.32 Å². The van der Waals surface area contributed by atoms with Gasteiger partial charge in [0.15, 0.2) is 0 Å². The van der Waals surface area contributed by atoms with Gasteiger partial charge in [0.05, 0.1) is 5.56 Å². The summed E-state index contributed by atoms with van der Waals surface area (Å²) in [4.78, 5) is 23.4. The lowest BCUT2D eigenvalue weighted by Gasteiger charge is -2.08. The number of thiazole rings is 1. The fraction of sp³-hybridized carbons (Fsp3) is 0.231. The van der Waals surface area contributed by atoms with Crippen LogP contribution in [0.15, 0.2) is 29.1 Å². The van der Waals surface area contributed by atoms with E-state index in [0.717, 1.165) is 23.5 Å². The summed E-state index contributed by atoms with van der Waals surface area (Å²) in [5, 5.41) is 2.47. The lowest BCUT2D eigenvalue weighted by molar-refractivity contribution is -0.137. The standard InChI is InChI=1S/C13H11F3N2O2S/c1-7-10(21-12(20)18(7)2)11(19)17-9-5-3-8(4-6-9)13(14,15)16/h3-6H,1-2H3,(H,17,19). The largest absolute Gasteiger partial charge is 0.416 e. The highest BCUT2D eigenvalue weighted by Crippen LogP contribution is 2.29. The Kier molecular flexibility index (Phi) is 3.91. The van der Waals surface area contributed by atoms with E-state index < -0.39 is 17.6 Å². The van der Waals surface area contributed by atoms with Crippen LogP contribution < -0.4 is 10.2 Å². The molecule has 0 atom stereocenters. The minimum Gasteiger partial charge on any atom is -0.321 e. The Morgan fingerprint density at radius 1 is 1.24 bits per heavy atom. The molecule has 0 saturated heterocycles. The number of rotatable bonds is 2. The van der Waals surface area contributed by atoms with Gasteiger partial charge < -0.3 is 9.88 Å². The van der Waals surface area contributed by atoms with Crippen LogP contribution >= 0.6 is 11.3 Å². The number of nitrogens with zero attached hydrogens (tertiary/aromatic N) is 1. The molecule has 0 saturated carbocycles. The van der Waals surface area contributed by atoms with Crippen molar-refractivity contribution in [2.75, 3.05) is 5.32 Å². The van der Waals surface area contributed by atoms with Gasteiger partial charge in [-0.25, -0.2) is 0 Å². The van der Waals surface area contributed by atoms with Gasteiger partial charge in [-0.3, -0.25) is 9.59 Å². The summed E-state index contributed by atoms with van der Waals surface area (Å²) in [6.45, 7) is 1.62. The molecule has 1 amide bonds. The molecule has 21 heavy (non-hydrogen) atoms. The number of carbonyl (C=O) groups is 1. The molecule has 0 bridgehead atoms. The summed E-state index contributed by atoms with van der Waals surface area (Å²) >= 11 is 0.791. The highest BCUT2D eigenvalue weighted by molar-refractivity contribution is 7.11. The van der Waals surface area contributed by atoms with Gasteiger partial charge in [0.1, 0.15) is 4.88 Å². The highest BCUT2D eigenvalue weighted by atomic mass is 32.1. The maximum atomic E-state index is 12.4. The number of alkyl halides is 3. The quantitative estimate of drug-likeness (QED) is 0.926.